The van der Waals surface area contributed by atoms with Crippen LogP contribution in [0.2, 0.25) is 0 Å². The number of carbonyl (C=O) groups excluding carboxylic acids is 1. The van der Waals surface area contributed by atoms with E-state index >= 15 is 0 Å². The number of amides is 1. The van der Waals surface area contributed by atoms with E-state index in [1.807, 2.05) is 6.92 Å². The zero-order chi connectivity index (χ0) is 20.8. The van der Waals surface area contributed by atoms with Crippen LogP contribution in [0.15, 0.2) is 57.7 Å². The van der Waals surface area contributed by atoms with Crippen LogP contribution in [0, 0.1) is 0 Å². The number of anilines is 1. The average Bonchev–Trinajstić information content (AvgIpc) is 3.32. The van der Waals surface area contributed by atoms with E-state index in [-0.39, 0.29) is 22.5 Å². The third-order valence-corrected chi connectivity index (χ3v) is 6.09. The molecule has 3 heterocycles. The first-order valence-electron chi connectivity index (χ1n) is 9.59. The van der Waals surface area contributed by atoms with Gasteiger partial charge in [0.1, 0.15) is 16.3 Å². The predicted octanol–water partition coefficient (Wildman–Crippen LogP) is 4.05. The van der Waals surface area contributed by atoms with E-state index < -0.39 is 11.9 Å². The van der Waals surface area contributed by atoms with E-state index in [2.05, 4.69) is 10.2 Å². The summed E-state index contributed by atoms with van der Waals surface area (Å²) < 4.78 is 5.89. The van der Waals surface area contributed by atoms with Crippen molar-refractivity contribution in [1.29, 1.82) is 0 Å². The molecule has 7 nitrogen and oxygen atoms in total. The lowest BCUT2D eigenvalue weighted by molar-refractivity contribution is 0.0970. The topological polar surface area (TPSA) is 96.5 Å². The highest BCUT2D eigenvalue weighted by Gasteiger charge is 2.45. The van der Waals surface area contributed by atoms with Gasteiger partial charge in [-0.15, -0.1) is 10.2 Å². The number of phenols is 1. The number of benzene rings is 2. The Bertz CT molecular complexity index is 1330. The fourth-order valence-electron chi connectivity index (χ4n) is 3.75. The summed E-state index contributed by atoms with van der Waals surface area (Å²) in [4.78, 5) is 28.2. The van der Waals surface area contributed by atoms with Crippen LogP contribution in [0.5, 0.6) is 5.75 Å². The molecule has 1 amide bonds. The Morgan fingerprint density at radius 2 is 1.87 bits per heavy atom. The first kappa shape index (κ1) is 18.5. The van der Waals surface area contributed by atoms with Gasteiger partial charge in [0.15, 0.2) is 5.43 Å². The van der Waals surface area contributed by atoms with Crippen LogP contribution in [0.25, 0.3) is 11.0 Å². The Morgan fingerprint density at radius 3 is 2.63 bits per heavy atom. The van der Waals surface area contributed by atoms with Crippen LogP contribution in [-0.4, -0.2) is 21.2 Å². The first-order valence-corrected chi connectivity index (χ1v) is 10.4. The lowest BCUT2D eigenvalue weighted by Crippen LogP contribution is -2.29. The van der Waals surface area contributed by atoms with E-state index in [9.17, 15) is 14.7 Å². The Balaban J connectivity index is 1.76. The highest BCUT2D eigenvalue weighted by atomic mass is 32.1. The third kappa shape index (κ3) is 2.80. The van der Waals surface area contributed by atoms with E-state index in [0.717, 1.165) is 17.8 Å². The summed E-state index contributed by atoms with van der Waals surface area (Å²) in [5, 5.41) is 19.8. The summed E-state index contributed by atoms with van der Waals surface area (Å²) in [5.41, 5.74) is 1.07. The molecule has 1 N–H and O–H groups in total. The van der Waals surface area contributed by atoms with Gasteiger partial charge in [-0.3, -0.25) is 14.5 Å². The van der Waals surface area contributed by atoms with Crippen molar-refractivity contribution < 1.29 is 14.3 Å². The summed E-state index contributed by atoms with van der Waals surface area (Å²) >= 11 is 1.33. The molecule has 0 fully saturated rings. The highest BCUT2D eigenvalue weighted by Crippen LogP contribution is 2.42. The number of aromatic nitrogens is 2. The monoisotopic (exact) mass is 419 g/mol. The van der Waals surface area contributed by atoms with Gasteiger partial charge in [-0.1, -0.05) is 42.5 Å². The molecule has 0 spiro atoms. The van der Waals surface area contributed by atoms with Crippen LogP contribution >= 0.6 is 11.3 Å². The van der Waals surface area contributed by atoms with Gasteiger partial charge in [-0.2, -0.15) is 0 Å². The Labute approximate surface area is 175 Å². The number of para-hydroxylation sites is 1. The zero-order valence-electron chi connectivity index (χ0n) is 16.0. The second kappa shape index (κ2) is 7.07. The summed E-state index contributed by atoms with van der Waals surface area (Å²) in [5.74, 6) is -0.310. The molecule has 4 aromatic rings. The van der Waals surface area contributed by atoms with E-state index in [1.165, 1.54) is 28.4 Å². The second-order valence-electron chi connectivity index (χ2n) is 7.07. The highest BCUT2D eigenvalue weighted by molar-refractivity contribution is 7.15. The number of hydrogen-bond acceptors (Lipinski definition) is 7. The Morgan fingerprint density at radius 1 is 1.10 bits per heavy atom. The lowest BCUT2D eigenvalue weighted by atomic mass is 9.98. The largest absolute Gasteiger partial charge is 0.508 e. The molecule has 1 atom stereocenters. The normalized spacial score (nSPS) is 15.7. The summed E-state index contributed by atoms with van der Waals surface area (Å²) in [6.45, 7) is 2.05. The molecule has 2 aromatic carbocycles. The Kier molecular flexibility index (Phi) is 4.36. The van der Waals surface area contributed by atoms with Crippen molar-refractivity contribution >= 4 is 33.3 Å². The van der Waals surface area contributed by atoms with Gasteiger partial charge >= 0.3 is 0 Å². The molecule has 0 saturated heterocycles. The minimum absolute atomic E-state index is 0.0176. The van der Waals surface area contributed by atoms with E-state index in [0.29, 0.717) is 21.7 Å². The maximum atomic E-state index is 13.4. The smallest absolute Gasteiger partial charge is 0.297 e. The SMILES string of the molecule is CCCc1nnc(N2C(=O)c3oc4ccccc4c(=O)c3[C@@H]2c2ccc(O)cc2)s1. The standard InChI is InChI=1S/C22H17N3O4S/c1-2-5-16-23-24-22(30-16)25-18(12-8-10-13(26)11-9-12)17-19(27)14-6-3-4-7-15(14)29-20(17)21(25)28/h3-4,6-11,18,26H,2,5H2,1H3/t18-/m0/s1. The van der Waals surface area contributed by atoms with Gasteiger partial charge in [0.05, 0.1) is 17.0 Å². The minimum Gasteiger partial charge on any atom is -0.508 e. The predicted molar refractivity (Wildman–Crippen MR) is 113 cm³/mol. The van der Waals surface area contributed by atoms with Crippen molar-refractivity contribution in [3.8, 4) is 5.75 Å². The van der Waals surface area contributed by atoms with Gasteiger partial charge in [-0.05, 0) is 36.2 Å². The molecule has 0 aliphatic carbocycles. The molecule has 150 valence electrons. The molecule has 0 bridgehead atoms. The molecule has 5 rings (SSSR count). The quantitative estimate of drug-likeness (QED) is 0.536. The third-order valence-electron chi connectivity index (χ3n) is 5.11. The molecule has 2 aromatic heterocycles. The average molecular weight is 419 g/mol. The van der Waals surface area contributed by atoms with Crippen molar-refractivity contribution in [3.05, 3.63) is 80.6 Å². The van der Waals surface area contributed by atoms with Crippen molar-refractivity contribution in [3.63, 3.8) is 0 Å². The summed E-state index contributed by atoms with van der Waals surface area (Å²) in [7, 11) is 0. The lowest BCUT2D eigenvalue weighted by Gasteiger charge is -2.22. The fraction of sp³-hybridized carbons (Fsp3) is 0.182. The Hall–Kier alpha value is -3.52. The minimum atomic E-state index is -0.712. The first-order chi connectivity index (χ1) is 14.6. The van der Waals surface area contributed by atoms with Gasteiger partial charge < -0.3 is 9.52 Å². The molecule has 0 radical (unpaired) electrons. The molecule has 0 saturated carbocycles. The summed E-state index contributed by atoms with van der Waals surface area (Å²) in [6, 6.07) is 12.6. The van der Waals surface area contributed by atoms with Gasteiger partial charge in [0.25, 0.3) is 5.91 Å². The van der Waals surface area contributed by atoms with Crippen LogP contribution in [0.4, 0.5) is 5.13 Å². The second-order valence-corrected chi connectivity index (χ2v) is 8.11. The molecule has 0 unspecified atom stereocenters. The van der Waals surface area contributed by atoms with Gasteiger partial charge in [0, 0.05) is 6.42 Å². The number of fused-ring (bicyclic) bond motifs is 2. The maximum Gasteiger partial charge on any atom is 0.297 e. The molecular weight excluding hydrogens is 402 g/mol. The number of carbonyl (C=O) groups is 1. The van der Waals surface area contributed by atoms with Gasteiger partial charge in [-0.25, -0.2) is 0 Å². The van der Waals surface area contributed by atoms with Gasteiger partial charge in [0.2, 0.25) is 10.9 Å². The number of hydrogen-bond donors (Lipinski definition) is 1. The number of phenolic OH excluding ortho intramolecular Hbond substituents is 1. The van der Waals surface area contributed by atoms with Crippen LogP contribution in [-0.2, 0) is 6.42 Å². The van der Waals surface area contributed by atoms with E-state index in [1.54, 1.807) is 36.4 Å². The van der Waals surface area contributed by atoms with E-state index in [4.69, 9.17) is 4.42 Å². The van der Waals surface area contributed by atoms with Crippen molar-refractivity contribution in [2.75, 3.05) is 4.90 Å². The number of rotatable bonds is 4. The van der Waals surface area contributed by atoms with Crippen molar-refractivity contribution in [2.24, 2.45) is 0 Å². The van der Waals surface area contributed by atoms with Crippen LogP contribution in [0.1, 0.15) is 46.1 Å². The molecule has 1 aliphatic rings. The van der Waals surface area contributed by atoms with Crippen LogP contribution < -0.4 is 10.3 Å². The number of aryl methyl sites for hydroxylation is 1. The number of aromatic hydroxyl groups is 1. The summed E-state index contributed by atoms with van der Waals surface area (Å²) in [6.07, 6.45) is 1.67. The zero-order valence-corrected chi connectivity index (χ0v) is 16.8. The fourth-order valence-corrected chi connectivity index (χ4v) is 4.71. The van der Waals surface area contributed by atoms with Crippen molar-refractivity contribution in [2.45, 2.75) is 25.8 Å². The van der Waals surface area contributed by atoms with Crippen LogP contribution in [0.3, 0.4) is 0 Å². The molecule has 8 heteroatoms. The molecule has 1 aliphatic heterocycles. The number of nitrogens with zero attached hydrogens (tertiary/aromatic N) is 3. The molecule has 30 heavy (non-hydrogen) atoms. The van der Waals surface area contributed by atoms with Crippen molar-refractivity contribution in [1.82, 2.24) is 10.2 Å². The maximum absolute atomic E-state index is 13.4. The molecular formula is C22H17N3O4S.